The highest BCUT2D eigenvalue weighted by atomic mass is 16.4. The molecule has 4 aliphatic rings. The first-order chi connectivity index (χ1) is 11.2. The fourth-order valence-electron chi connectivity index (χ4n) is 7.70. The van der Waals surface area contributed by atoms with Crippen LogP contribution in [0.4, 0.5) is 0 Å². The van der Waals surface area contributed by atoms with Crippen LogP contribution >= 0.6 is 0 Å². The maximum Gasteiger partial charge on any atom is 0.307 e. The zero-order valence-corrected chi connectivity index (χ0v) is 15.1. The molecule has 0 aliphatic heterocycles. The van der Waals surface area contributed by atoms with Gasteiger partial charge in [0.2, 0.25) is 0 Å². The van der Waals surface area contributed by atoms with E-state index in [0.29, 0.717) is 17.8 Å². The number of hydrogen-bond acceptors (Lipinski definition) is 3. The van der Waals surface area contributed by atoms with Gasteiger partial charge < -0.3 is 15.9 Å². The first kappa shape index (κ1) is 16.8. The topological polar surface area (TPSA) is 83.5 Å². The second kappa shape index (κ2) is 5.20. The van der Waals surface area contributed by atoms with Gasteiger partial charge in [0.15, 0.2) is 0 Å². The maximum absolute atomic E-state index is 11.8. The van der Waals surface area contributed by atoms with Crippen molar-refractivity contribution in [1.82, 2.24) is 0 Å². The molecule has 4 N–H and O–H groups in total. The third kappa shape index (κ3) is 1.96. The summed E-state index contributed by atoms with van der Waals surface area (Å²) < 4.78 is 0. The second-order valence-electron chi connectivity index (χ2n) is 9.85. The molecular weight excluding hydrogens is 302 g/mol. The normalized spacial score (nSPS) is 56.9. The van der Waals surface area contributed by atoms with Gasteiger partial charge in [-0.1, -0.05) is 13.8 Å². The molecule has 8 atom stereocenters. The van der Waals surface area contributed by atoms with E-state index < -0.39 is 5.97 Å². The SMILES string of the molecule is CC12CCC(O)CC1CCC1C2CC[C@]2(C)C(C(=O)O)CC[C@]12N. The number of carbonyl (C=O) groups is 1. The average molecular weight is 335 g/mol. The predicted molar refractivity (Wildman–Crippen MR) is 92.3 cm³/mol. The van der Waals surface area contributed by atoms with E-state index in [1.807, 2.05) is 0 Å². The first-order valence-electron chi connectivity index (χ1n) is 9.92. The van der Waals surface area contributed by atoms with E-state index in [-0.39, 0.29) is 28.4 Å². The van der Waals surface area contributed by atoms with E-state index in [9.17, 15) is 15.0 Å². The van der Waals surface area contributed by atoms with Crippen molar-refractivity contribution >= 4 is 5.97 Å². The largest absolute Gasteiger partial charge is 0.481 e. The molecule has 0 amide bonds. The number of fused-ring (bicyclic) bond motifs is 5. The van der Waals surface area contributed by atoms with Crippen LogP contribution in [-0.4, -0.2) is 27.8 Å². The minimum Gasteiger partial charge on any atom is -0.481 e. The van der Waals surface area contributed by atoms with Gasteiger partial charge in [-0.3, -0.25) is 4.79 Å². The van der Waals surface area contributed by atoms with Crippen LogP contribution < -0.4 is 5.73 Å². The quantitative estimate of drug-likeness (QED) is 0.687. The van der Waals surface area contributed by atoms with Gasteiger partial charge in [-0.25, -0.2) is 0 Å². The van der Waals surface area contributed by atoms with Gasteiger partial charge in [0, 0.05) is 5.54 Å². The Labute approximate surface area is 145 Å². The Hall–Kier alpha value is -0.610. The molecule has 0 spiro atoms. The molecule has 0 aromatic carbocycles. The highest BCUT2D eigenvalue weighted by molar-refractivity contribution is 5.72. The van der Waals surface area contributed by atoms with E-state index in [1.54, 1.807) is 0 Å². The van der Waals surface area contributed by atoms with Crippen LogP contribution in [0.5, 0.6) is 0 Å². The zero-order chi connectivity index (χ0) is 17.3. The Kier molecular flexibility index (Phi) is 3.65. The summed E-state index contributed by atoms with van der Waals surface area (Å²) in [4.78, 5) is 11.8. The minimum atomic E-state index is -0.649. The van der Waals surface area contributed by atoms with Crippen LogP contribution in [-0.2, 0) is 4.79 Å². The van der Waals surface area contributed by atoms with Crippen LogP contribution in [0.2, 0.25) is 0 Å². The van der Waals surface area contributed by atoms with E-state index >= 15 is 0 Å². The first-order valence-corrected chi connectivity index (χ1v) is 9.92. The fourth-order valence-corrected chi connectivity index (χ4v) is 7.70. The van der Waals surface area contributed by atoms with Crippen molar-refractivity contribution in [2.24, 2.45) is 40.2 Å². The van der Waals surface area contributed by atoms with Gasteiger partial charge in [-0.15, -0.1) is 0 Å². The van der Waals surface area contributed by atoms with Crippen molar-refractivity contribution in [3.8, 4) is 0 Å². The number of hydrogen-bond donors (Lipinski definition) is 3. The summed E-state index contributed by atoms with van der Waals surface area (Å²) in [6.07, 6.45) is 8.81. The highest BCUT2D eigenvalue weighted by Crippen LogP contribution is 2.68. The summed E-state index contributed by atoms with van der Waals surface area (Å²) in [6, 6.07) is 0. The molecule has 0 heterocycles. The number of carboxylic acids is 1. The van der Waals surface area contributed by atoms with Crippen molar-refractivity contribution in [3.05, 3.63) is 0 Å². The molecular formula is C20H33NO3. The smallest absolute Gasteiger partial charge is 0.307 e. The van der Waals surface area contributed by atoms with Crippen molar-refractivity contribution in [2.75, 3.05) is 0 Å². The van der Waals surface area contributed by atoms with Crippen LogP contribution in [0.15, 0.2) is 0 Å². The molecule has 4 heteroatoms. The monoisotopic (exact) mass is 335 g/mol. The molecule has 0 bridgehead atoms. The van der Waals surface area contributed by atoms with Gasteiger partial charge in [0.25, 0.3) is 0 Å². The Morgan fingerprint density at radius 3 is 2.46 bits per heavy atom. The lowest BCUT2D eigenvalue weighted by Gasteiger charge is -2.64. The van der Waals surface area contributed by atoms with Gasteiger partial charge in [0.1, 0.15) is 0 Å². The summed E-state index contributed by atoms with van der Waals surface area (Å²) in [6.45, 7) is 4.60. The second-order valence-corrected chi connectivity index (χ2v) is 9.85. The average Bonchev–Trinajstić information content (AvgIpc) is 2.80. The van der Waals surface area contributed by atoms with E-state index in [4.69, 9.17) is 5.73 Å². The van der Waals surface area contributed by atoms with E-state index in [2.05, 4.69) is 13.8 Å². The van der Waals surface area contributed by atoms with Crippen molar-refractivity contribution in [1.29, 1.82) is 0 Å². The number of nitrogens with two attached hydrogens (primary N) is 1. The van der Waals surface area contributed by atoms with Crippen molar-refractivity contribution < 1.29 is 15.0 Å². The van der Waals surface area contributed by atoms with Crippen molar-refractivity contribution in [2.45, 2.75) is 83.3 Å². The molecule has 4 fully saturated rings. The Balaban J connectivity index is 1.68. The van der Waals surface area contributed by atoms with Crippen LogP contribution in [0.25, 0.3) is 0 Å². The van der Waals surface area contributed by atoms with Crippen LogP contribution in [0.1, 0.15) is 71.6 Å². The standard InChI is InChI=1S/C20H33NO3/c1-18-8-5-13(22)11-12(18)3-4-15-14(18)6-9-19(2)16(17(23)24)7-10-20(15,19)21/h12-16,22H,3-11,21H2,1-2H3,(H,23,24)/t12?,13?,14?,15?,16?,18?,19-,20+/m1/s1. The Morgan fingerprint density at radius 1 is 1.00 bits per heavy atom. The van der Waals surface area contributed by atoms with Crippen molar-refractivity contribution in [3.63, 3.8) is 0 Å². The molecule has 6 unspecified atom stereocenters. The zero-order valence-electron chi connectivity index (χ0n) is 15.1. The minimum absolute atomic E-state index is 0.122. The molecule has 4 rings (SSSR count). The van der Waals surface area contributed by atoms with E-state index in [0.717, 1.165) is 57.8 Å². The predicted octanol–water partition coefficient (Wildman–Crippen LogP) is 3.17. The van der Waals surface area contributed by atoms with Crippen LogP contribution in [0.3, 0.4) is 0 Å². The highest BCUT2D eigenvalue weighted by Gasteiger charge is 2.67. The lowest BCUT2D eigenvalue weighted by atomic mass is 9.42. The lowest BCUT2D eigenvalue weighted by Crippen LogP contribution is -2.66. The Bertz CT molecular complexity index is 551. The van der Waals surface area contributed by atoms with Gasteiger partial charge in [0.05, 0.1) is 12.0 Å². The van der Waals surface area contributed by atoms with E-state index in [1.165, 1.54) is 0 Å². The summed E-state index contributed by atoms with van der Waals surface area (Å²) in [5, 5.41) is 19.8. The molecule has 0 aromatic rings. The number of aliphatic hydroxyl groups is 1. The summed E-state index contributed by atoms with van der Waals surface area (Å²) in [5.74, 6) is 0.754. The molecule has 4 saturated carbocycles. The number of rotatable bonds is 1. The van der Waals surface area contributed by atoms with Gasteiger partial charge in [-0.2, -0.15) is 0 Å². The number of aliphatic hydroxyl groups excluding tert-OH is 1. The Morgan fingerprint density at radius 2 is 1.75 bits per heavy atom. The number of carboxylic acid groups (broad SMARTS) is 1. The number of aliphatic carboxylic acids is 1. The molecule has 0 aromatic heterocycles. The molecule has 0 radical (unpaired) electrons. The fraction of sp³-hybridized carbons (Fsp3) is 0.950. The third-order valence-corrected chi connectivity index (χ3v) is 9.28. The molecule has 136 valence electrons. The summed E-state index contributed by atoms with van der Waals surface area (Å²) >= 11 is 0. The van der Waals surface area contributed by atoms with Crippen LogP contribution in [0, 0.1) is 34.5 Å². The van der Waals surface area contributed by atoms with Gasteiger partial charge in [-0.05, 0) is 86.4 Å². The molecule has 24 heavy (non-hydrogen) atoms. The lowest BCUT2D eigenvalue weighted by molar-refractivity contribution is -0.157. The summed E-state index contributed by atoms with van der Waals surface area (Å²) in [5.41, 5.74) is 6.80. The third-order valence-electron chi connectivity index (χ3n) is 9.28. The summed E-state index contributed by atoms with van der Waals surface area (Å²) in [7, 11) is 0. The van der Waals surface area contributed by atoms with Gasteiger partial charge >= 0.3 is 5.97 Å². The molecule has 4 nitrogen and oxygen atoms in total. The molecule has 0 saturated heterocycles. The molecule has 4 aliphatic carbocycles. The maximum atomic E-state index is 11.8.